The minimum absolute atomic E-state index is 0.0470. The van der Waals surface area contributed by atoms with Crippen LogP contribution in [-0.2, 0) is 10.8 Å². The molecular formula is C14H13F3O2S. The van der Waals surface area contributed by atoms with Crippen LogP contribution < -0.4 is 0 Å². The van der Waals surface area contributed by atoms with E-state index in [9.17, 15) is 22.2 Å². The maximum atomic E-state index is 13.6. The number of rotatable bonds is 2. The van der Waals surface area contributed by atoms with Crippen LogP contribution >= 0.6 is 0 Å². The predicted octanol–water partition coefficient (Wildman–Crippen LogP) is 2.98. The summed E-state index contributed by atoms with van der Waals surface area (Å²) in [7, 11) is -0.926. The Morgan fingerprint density at radius 1 is 1.05 bits per heavy atom. The lowest BCUT2D eigenvalue weighted by Gasteiger charge is -2.26. The van der Waals surface area contributed by atoms with Gasteiger partial charge in [-0.1, -0.05) is 0 Å². The molecule has 0 aromatic heterocycles. The summed E-state index contributed by atoms with van der Waals surface area (Å²) in [6, 6.07) is 1.04. The van der Waals surface area contributed by atoms with Crippen molar-refractivity contribution >= 4 is 16.6 Å². The van der Waals surface area contributed by atoms with Gasteiger partial charge in [-0.25, -0.2) is 13.2 Å². The van der Waals surface area contributed by atoms with E-state index in [2.05, 4.69) is 0 Å². The molecule has 1 aromatic carbocycles. The second-order valence-corrected chi connectivity index (χ2v) is 7.42. The Hall–Kier alpha value is -1.17. The van der Waals surface area contributed by atoms with Crippen molar-refractivity contribution in [1.82, 2.24) is 0 Å². The van der Waals surface area contributed by atoms with Gasteiger partial charge in [-0.15, -0.1) is 0 Å². The Labute approximate surface area is 116 Å². The minimum Gasteiger partial charge on any atom is -0.294 e. The van der Waals surface area contributed by atoms with Crippen LogP contribution in [0.5, 0.6) is 0 Å². The van der Waals surface area contributed by atoms with Gasteiger partial charge < -0.3 is 0 Å². The van der Waals surface area contributed by atoms with Crippen LogP contribution in [0.15, 0.2) is 12.1 Å². The number of halogens is 3. The van der Waals surface area contributed by atoms with Crippen LogP contribution in [0.3, 0.4) is 0 Å². The summed E-state index contributed by atoms with van der Waals surface area (Å²) in [5.74, 6) is -4.51. The Morgan fingerprint density at radius 3 is 2.05 bits per heavy atom. The van der Waals surface area contributed by atoms with Gasteiger partial charge in [0, 0.05) is 39.4 Å². The van der Waals surface area contributed by atoms with Gasteiger partial charge >= 0.3 is 0 Å². The van der Waals surface area contributed by atoms with Crippen molar-refractivity contribution in [2.45, 2.75) is 36.2 Å². The lowest BCUT2D eigenvalue weighted by atomic mass is 9.90. The van der Waals surface area contributed by atoms with Crippen LogP contribution in [-0.4, -0.2) is 20.5 Å². The minimum atomic E-state index is -1.16. The molecule has 2 nitrogen and oxygen atoms in total. The lowest BCUT2D eigenvalue weighted by Crippen LogP contribution is -2.33. The Bertz CT molecular complexity index is 563. The number of hydrogen-bond donors (Lipinski definition) is 0. The highest BCUT2D eigenvalue weighted by Crippen LogP contribution is 2.40. The zero-order valence-electron chi connectivity index (χ0n) is 10.6. The summed E-state index contributed by atoms with van der Waals surface area (Å²) in [6.45, 7) is 0. The third-order valence-electron chi connectivity index (χ3n) is 4.19. The molecule has 2 aliphatic rings. The van der Waals surface area contributed by atoms with E-state index in [0.717, 1.165) is 12.8 Å². The summed E-state index contributed by atoms with van der Waals surface area (Å²) in [5.41, 5.74) is -0.663. The highest BCUT2D eigenvalue weighted by atomic mass is 32.2. The third kappa shape index (κ3) is 2.20. The number of hydrogen-bond acceptors (Lipinski definition) is 2. The van der Waals surface area contributed by atoms with E-state index in [1.165, 1.54) is 0 Å². The molecule has 0 saturated carbocycles. The smallest absolute Gasteiger partial charge is 0.171 e. The van der Waals surface area contributed by atoms with Gasteiger partial charge in [0.2, 0.25) is 0 Å². The van der Waals surface area contributed by atoms with Gasteiger partial charge in [0.25, 0.3) is 0 Å². The van der Waals surface area contributed by atoms with Gasteiger partial charge in [0.1, 0.15) is 17.5 Å². The second-order valence-electron chi connectivity index (χ2n) is 5.43. The molecular weight excluding hydrogens is 289 g/mol. The molecule has 3 rings (SSSR count). The van der Waals surface area contributed by atoms with Crippen molar-refractivity contribution in [3.05, 3.63) is 35.1 Å². The fourth-order valence-corrected chi connectivity index (χ4v) is 5.35. The van der Waals surface area contributed by atoms with Crippen molar-refractivity contribution in [3.8, 4) is 0 Å². The number of fused-ring (bicyclic) bond motifs is 2. The average molecular weight is 302 g/mol. The first kappa shape index (κ1) is 13.8. The molecule has 108 valence electrons. The molecule has 0 radical (unpaired) electrons. The van der Waals surface area contributed by atoms with Crippen molar-refractivity contribution in [1.29, 1.82) is 0 Å². The van der Waals surface area contributed by atoms with Crippen LogP contribution in [0.1, 0.15) is 36.0 Å². The standard InChI is InChI=1S/C14H13F3O2S/c15-8-5-11(16)13(12(17)6-8)14(18)7-3-9-1-2-10(4-7)20(9)19/h5-7,9-10H,1-4H2. The molecule has 0 amide bonds. The number of carbonyl (C=O) groups excluding carboxylic acids is 1. The highest BCUT2D eigenvalue weighted by Gasteiger charge is 2.43. The Kier molecular flexibility index (Phi) is 3.44. The Balaban J connectivity index is 1.89. The molecule has 2 bridgehead atoms. The monoisotopic (exact) mass is 302 g/mol. The van der Waals surface area contributed by atoms with Crippen LogP contribution in [0, 0.1) is 23.4 Å². The number of carbonyl (C=O) groups is 1. The first-order valence-electron chi connectivity index (χ1n) is 6.55. The highest BCUT2D eigenvalue weighted by molar-refractivity contribution is 7.86. The largest absolute Gasteiger partial charge is 0.294 e. The van der Waals surface area contributed by atoms with E-state index < -0.39 is 45.5 Å². The van der Waals surface area contributed by atoms with E-state index >= 15 is 0 Å². The number of Topliss-reactive ketones (excluding diaryl/α,β-unsaturated/α-hetero) is 1. The number of ketones is 1. The predicted molar refractivity (Wildman–Crippen MR) is 68.3 cm³/mol. The molecule has 2 fully saturated rings. The number of benzene rings is 1. The maximum Gasteiger partial charge on any atom is 0.171 e. The lowest BCUT2D eigenvalue weighted by molar-refractivity contribution is 0.0897. The van der Waals surface area contributed by atoms with E-state index in [1.807, 2.05) is 0 Å². The molecule has 0 N–H and O–H groups in total. The van der Waals surface area contributed by atoms with Gasteiger partial charge in [-0.05, 0) is 25.7 Å². The van der Waals surface area contributed by atoms with Crippen molar-refractivity contribution < 1.29 is 22.2 Å². The quantitative estimate of drug-likeness (QED) is 0.787. The molecule has 0 spiro atoms. The SMILES string of the molecule is O=C(c1c(F)cc(F)cc1F)C1CC2CCC(C1)S2=O. The molecule has 2 aliphatic heterocycles. The molecule has 1 aromatic rings. The average Bonchev–Trinajstić information content (AvgIpc) is 2.61. The van der Waals surface area contributed by atoms with Crippen molar-refractivity contribution in [2.24, 2.45) is 5.92 Å². The summed E-state index contributed by atoms with van der Waals surface area (Å²) in [4.78, 5) is 12.3. The molecule has 2 saturated heterocycles. The second kappa shape index (κ2) is 4.98. The van der Waals surface area contributed by atoms with Crippen molar-refractivity contribution in [2.75, 3.05) is 0 Å². The van der Waals surface area contributed by atoms with Gasteiger partial charge in [0.05, 0.1) is 5.56 Å². The van der Waals surface area contributed by atoms with E-state index in [4.69, 9.17) is 0 Å². The first-order chi connectivity index (χ1) is 9.47. The van der Waals surface area contributed by atoms with Crippen LogP contribution in [0.4, 0.5) is 13.2 Å². The summed E-state index contributed by atoms with van der Waals surface area (Å²) < 4.78 is 52.0. The van der Waals surface area contributed by atoms with E-state index in [1.54, 1.807) is 0 Å². The summed E-state index contributed by atoms with van der Waals surface area (Å²) in [5, 5.41) is -0.0939. The van der Waals surface area contributed by atoms with Crippen molar-refractivity contribution in [3.63, 3.8) is 0 Å². The van der Waals surface area contributed by atoms with E-state index in [-0.39, 0.29) is 10.5 Å². The normalized spacial score (nSPS) is 32.4. The Morgan fingerprint density at radius 2 is 1.55 bits per heavy atom. The molecule has 2 atom stereocenters. The van der Waals surface area contributed by atoms with Gasteiger partial charge in [-0.2, -0.15) is 0 Å². The zero-order valence-corrected chi connectivity index (χ0v) is 11.4. The molecule has 2 unspecified atom stereocenters. The molecule has 6 heteroatoms. The molecule has 0 aliphatic carbocycles. The fourth-order valence-electron chi connectivity index (χ4n) is 3.23. The summed E-state index contributed by atoms with van der Waals surface area (Å²) in [6.07, 6.45) is 2.40. The third-order valence-corrected chi connectivity index (χ3v) is 6.36. The van der Waals surface area contributed by atoms with Gasteiger partial charge in [-0.3, -0.25) is 9.00 Å². The topological polar surface area (TPSA) is 34.1 Å². The molecule has 2 heterocycles. The fraction of sp³-hybridized carbons (Fsp3) is 0.500. The first-order valence-corrected chi connectivity index (χ1v) is 7.83. The zero-order chi connectivity index (χ0) is 14.4. The van der Waals surface area contributed by atoms with Gasteiger partial charge in [0.15, 0.2) is 5.78 Å². The van der Waals surface area contributed by atoms with Crippen LogP contribution in [0.25, 0.3) is 0 Å². The van der Waals surface area contributed by atoms with Crippen LogP contribution in [0.2, 0.25) is 0 Å². The summed E-state index contributed by atoms with van der Waals surface area (Å²) >= 11 is 0. The van der Waals surface area contributed by atoms with E-state index in [0.29, 0.717) is 25.0 Å². The maximum absolute atomic E-state index is 13.6. The molecule has 20 heavy (non-hydrogen) atoms.